The number of hydrogen-bond donors (Lipinski definition) is 1. The van der Waals surface area contributed by atoms with Crippen LogP contribution in [-0.2, 0) is 14.3 Å². The van der Waals surface area contributed by atoms with Crippen LogP contribution in [-0.4, -0.2) is 85.2 Å². The highest BCUT2D eigenvalue weighted by Crippen LogP contribution is 2.40. The van der Waals surface area contributed by atoms with Crippen LogP contribution in [0.2, 0.25) is 0 Å². The number of ketones is 1. The van der Waals surface area contributed by atoms with Gasteiger partial charge in [0.05, 0.1) is 38.7 Å². The third kappa shape index (κ3) is 4.76. The van der Waals surface area contributed by atoms with Gasteiger partial charge in [0.25, 0.3) is 11.7 Å². The summed E-state index contributed by atoms with van der Waals surface area (Å²) in [5.74, 6) is -0.746. The largest absolute Gasteiger partial charge is 0.507 e. The summed E-state index contributed by atoms with van der Waals surface area (Å²) in [6.07, 6.45) is 2.30. The van der Waals surface area contributed by atoms with Crippen molar-refractivity contribution in [1.29, 1.82) is 0 Å². The van der Waals surface area contributed by atoms with Gasteiger partial charge in [-0.15, -0.1) is 0 Å². The van der Waals surface area contributed by atoms with Gasteiger partial charge in [0.1, 0.15) is 11.8 Å². The predicted octanol–water partition coefficient (Wildman–Crippen LogP) is 2.24. The lowest BCUT2D eigenvalue weighted by atomic mass is 9.98. The molecule has 0 aliphatic carbocycles. The quantitative estimate of drug-likeness (QED) is 0.358. The molecule has 0 radical (unpaired) electrons. The number of nitrogens with zero attached hydrogens (tertiary/aromatic N) is 3. The Bertz CT molecular complexity index is 1070. The molecule has 1 amide bonds. The van der Waals surface area contributed by atoms with Crippen molar-refractivity contribution in [3.8, 4) is 11.5 Å². The number of pyridine rings is 1. The molecule has 2 fully saturated rings. The highest BCUT2D eigenvalue weighted by molar-refractivity contribution is 6.46. The first-order chi connectivity index (χ1) is 16.5. The van der Waals surface area contributed by atoms with Gasteiger partial charge in [-0.1, -0.05) is 6.07 Å². The minimum Gasteiger partial charge on any atom is -0.507 e. The Morgan fingerprint density at radius 3 is 2.53 bits per heavy atom. The summed E-state index contributed by atoms with van der Waals surface area (Å²) >= 11 is 0. The van der Waals surface area contributed by atoms with Gasteiger partial charge in [-0.2, -0.15) is 0 Å². The van der Waals surface area contributed by atoms with E-state index in [0.29, 0.717) is 48.9 Å². The number of aromatic nitrogens is 1. The van der Waals surface area contributed by atoms with Gasteiger partial charge < -0.3 is 24.2 Å². The SMILES string of the molecule is COc1ccc(C(O)=C2C(=O)C(=O)N(CCCN3CCOCC3)C2c2ccccn2)cc1OC. The van der Waals surface area contributed by atoms with E-state index in [9.17, 15) is 14.7 Å². The molecular formula is C25H29N3O6. The van der Waals surface area contributed by atoms with Crippen molar-refractivity contribution in [3.05, 3.63) is 59.4 Å². The van der Waals surface area contributed by atoms with Crippen molar-refractivity contribution in [2.24, 2.45) is 0 Å². The molecule has 1 aromatic carbocycles. The normalized spacial score (nSPS) is 20.5. The Balaban J connectivity index is 1.67. The number of hydrogen-bond acceptors (Lipinski definition) is 8. The summed E-state index contributed by atoms with van der Waals surface area (Å²) in [6, 6.07) is 9.39. The molecule has 1 N–H and O–H groups in total. The van der Waals surface area contributed by atoms with E-state index in [1.54, 1.807) is 42.6 Å². The Morgan fingerprint density at radius 1 is 1.09 bits per heavy atom. The molecule has 2 saturated heterocycles. The van der Waals surface area contributed by atoms with Crippen LogP contribution in [0.1, 0.15) is 23.7 Å². The van der Waals surface area contributed by atoms with Gasteiger partial charge in [0.15, 0.2) is 11.5 Å². The summed E-state index contributed by atoms with van der Waals surface area (Å²) in [5.41, 5.74) is 0.891. The molecule has 34 heavy (non-hydrogen) atoms. The lowest BCUT2D eigenvalue weighted by Crippen LogP contribution is -2.39. The van der Waals surface area contributed by atoms with Crippen LogP contribution < -0.4 is 9.47 Å². The molecule has 180 valence electrons. The van der Waals surface area contributed by atoms with E-state index in [2.05, 4.69) is 9.88 Å². The molecule has 0 bridgehead atoms. The zero-order chi connectivity index (χ0) is 24.1. The highest BCUT2D eigenvalue weighted by Gasteiger charge is 2.46. The predicted molar refractivity (Wildman–Crippen MR) is 125 cm³/mol. The number of likely N-dealkylation sites (tertiary alicyclic amines) is 1. The molecule has 4 rings (SSSR count). The zero-order valence-electron chi connectivity index (χ0n) is 19.4. The van der Waals surface area contributed by atoms with Gasteiger partial charge in [-0.3, -0.25) is 19.5 Å². The van der Waals surface area contributed by atoms with E-state index < -0.39 is 17.7 Å². The van der Waals surface area contributed by atoms with Crippen molar-refractivity contribution in [2.45, 2.75) is 12.5 Å². The average molecular weight is 468 g/mol. The first-order valence-corrected chi connectivity index (χ1v) is 11.3. The summed E-state index contributed by atoms with van der Waals surface area (Å²) in [4.78, 5) is 34.4. The number of rotatable bonds is 8. The van der Waals surface area contributed by atoms with Gasteiger partial charge in [-0.05, 0) is 36.8 Å². The summed E-state index contributed by atoms with van der Waals surface area (Å²) in [7, 11) is 3.00. The lowest BCUT2D eigenvalue weighted by Gasteiger charge is -2.28. The van der Waals surface area contributed by atoms with Gasteiger partial charge >= 0.3 is 0 Å². The minimum atomic E-state index is -0.779. The van der Waals surface area contributed by atoms with Crippen LogP contribution in [0.15, 0.2) is 48.2 Å². The third-order valence-electron chi connectivity index (χ3n) is 6.14. The second kappa shape index (κ2) is 10.7. The standard InChI is InChI=1S/C25H29N3O6/c1-32-19-8-7-17(16-20(19)33-2)23(29)21-22(18-6-3-4-9-26-18)28(25(31)24(21)30)11-5-10-27-12-14-34-15-13-27/h3-4,6-9,16,22,29H,5,10-15H2,1-2H3. The average Bonchev–Trinajstić information content (AvgIpc) is 3.14. The van der Waals surface area contributed by atoms with Crippen LogP contribution in [0, 0.1) is 0 Å². The molecule has 9 nitrogen and oxygen atoms in total. The van der Waals surface area contributed by atoms with E-state index in [1.165, 1.54) is 19.1 Å². The molecule has 1 unspecified atom stereocenters. The van der Waals surface area contributed by atoms with Gasteiger partial charge in [-0.25, -0.2) is 0 Å². The first kappa shape index (κ1) is 23.7. The molecule has 2 aliphatic heterocycles. The number of amides is 1. The fourth-order valence-electron chi connectivity index (χ4n) is 4.38. The van der Waals surface area contributed by atoms with E-state index in [1.807, 2.05) is 0 Å². The fraction of sp³-hybridized carbons (Fsp3) is 0.400. The minimum absolute atomic E-state index is 0.0160. The van der Waals surface area contributed by atoms with E-state index in [4.69, 9.17) is 14.2 Å². The zero-order valence-corrected chi connectivity index (χ0v) is 19.4. The summed E-state index contributed by atoms with van der Waals surface area (Å²) in [6.45, 7) is 4.25. The molecule has 1 aromatic heterocycles. The lowest BCUT2D eigenvalue weighted by molar-refractivity contribution is -0.140. The van der Waals surface area contributed by atoms with E-state index >= 15 is 0 Å². The van der Waals surface area contributed by atoms with Crippen molar-refractivity contribution in [1.82, 2.24) is 14.8 Å². The number of ether oxygens (including phenoxy) is 3. The molecule has 0 saturated carbocycles. The van der Waals surface area contributed by atoms with Gasteiger partial charge in [0, 0.05) is 37.9 Å². The van der Waals surface area contributed by atoms with Crippen LogP contribution >= 0.6 is 0 Å². The number of morpholine rings is 1. The first-order valence-electron chi connectivity index (χ1n) is 11.3. The van der Waals surface area contributed by atoms with Crippen molar-refractivity contribution in [2.75, 3.05) is 53.6 Å². The number of methoxy groups -OCH3 is 2. The van der Waals surface area contributed by atoms with Crippen LogP contribution in [0.3, 0.4) is 0 Å². The van der Waals surface area contributed by atoms with Crippen LogP contribution in [0.5, 0.6) is 11.5 Å². The van der Waals surface area contributed by atoms with E-state index in [-0.39, 0.29) is 11.3 Å². The topological polar surface area (TPSA) is 101 Å². The molecule has 3 heterocycles. The smallest absolute Gasteiger partial charge is 0.295 e. The maximum atomic E-state index is 13.1. The second-order valence-electron chi connectivity index (χ2n) is 8.12. The Labute approximate surface area is 198 Å². The summed E-state index contributed by atoms with van der Waals surface area (Å²) in [5, 5.41) is 11.2. The van der Waals surface area contributed by atoms with E-state index in [0.717, 1.165) is 19.6 Å². The second-order valence-corrected chi connectivity index (χ2v) is 8.12. The summed E-state index contributed by atoms with van der Waals surface area (Å²) < 4.78 is 16.0. The molecule has 0 spiro atoms. The molecular weight excluding hydrogens is 438 g/mol. The van der Waals surface area contributed by atoms with Crippen molar-refractivity contribution < 1.29 is 28.9 Å². The fourth-order valence-corrected chi connectivity index (χ4v) is 4.38. The van der Waals surface area contributed by atoms with Gasteiger partial charge in [0.2, 0.25) is 0 Å². The Kier molecular flexibility index (Phi) is 7.44. The molecule has 2 aromatic rings. The number of aliphatic hydroxyl groups is 1. The maximum Gasteiger partial charge on any atom is 0.295 e. The highest BCUT2D eigenvalue weighted by atomic mass is 16.5. The number of benzene rings is 1. The van der Waals surface area contributed by atoms with Crippen LogP contribution in [0.4, 0.5) is 0 Å². The number of aliphatic hydroxyl groups excluding tert-OH is 1. The number of carbonyl (C=O) groups excluding carboxylic acids is 2. The number of carbonyl (C=O) groups is 2. The monoisotopic (exact) mass is 467 g/mol. The Hall–Kier alpha value is -3.43. The molecule has 1 atom stereocenters. The Morgan fingerprint density at radius 2 is 1.85 bits per heavy atom. The van der Waals surface area contributed by atoms with Crippen LogP contribution in [0.25, 0.3) is 5.76 Å². The molecule has 2 aliphatic rings. The van der Waals surface area contributed by atoms with Crippen molar-refractivity contribution >= 4 is 17.4 Å². The number of Topliss-reactive ketones (excluding diaryl/α,β-unsaturated/α-hetero) is 1. The maximum absolute atomic E-state index is 13.1. The third-order valence-corrected chi connectivity index (χ3v) is 6.14. The van der Waals surface area contributed by atoms with Crippen molar-refractivity contribution in [3.63, 3.8) is 0 Å². The molecule has 9 heteroatoms.